The molecule has 0 spiro atoms. The molecule has 0 unspecified atom stereocenters. The van der Waals surface area contributed by atoms with Crippen LogP contribution in [0.3, 0.4) is 0 Å². The Morgan fingerprint density at radius 1 is 1.24 bits per heavy atom. The van der Waals surface area contributed by atoms with Gasteiger partial charge in [0.2, 0.25) is 5.41 Å². The number of allylic oxidation sites excluding steroid dienone is 3. The fourth-order valence-electron chi connectivity index (χ4n) is 2.07. The highest BCUT2D eigenvalue weighted by Gasteiger charge is 2.53. The summed E-state index contributed by atoms with van der Waals surface area (Å²) in [5.74, 6) is -1.46. The van der Waals surface area contributed by atoms with E-state index >= 15 is 0 Å². The normalized spacial score (nSPS) is 15.8. The molecule has 0 amide bonds. The van der Waals surface area contributed by atoms with Crippen molar-refractivity contribution < 1.29 is 19.1 Å². The summed E-state index contributed by atoms with van der Waals surface area (Å²) in [6.45, 7) is 14.3. The molecule has 21 heavy (non-hydrogen) atoms. The zero-order chi connectivity index (χ0) is 15.9. The molecule has 0 aromatic rings. The van der Waals surface area contributed by atoms with Crippen molar-refractivity contribution in [3.63, 3.8) is 0 Å². The van der Waals surface area contributed by atoms with E-state index in [1.165, 1.54) is 12.2 Å². The summed E-state index contributed by atoms with van der Waals surface area (Å²) in [4.78, 5) is 24.9. The quantitative estimate of drug-likeness (QED) is 0.326. The lowest BCUT2D eigenvalue weighted by Crippen LogP contribution is -2.44. The summed E-state index contributed by atoms with van der Waals surface area (Å²) in [6.07, 6.45) is 6.33. The molecule has 0 aromatic heterocycles. The number of hydrogen-bond acceptors (Lipinski definition) is 4. The average molecular weight is 286 g/mol. The third-order valence-corrected chi connectivity index (χ3v) is 3.03. The van der Waals surface area contributed by atoms with E-state index in [4.69, 9.17) is 9.47 Å². The van der Waals surface area contributed by atoms with Gasteiger partial charge in [0.15, 0.2) is 0 Å². The molecule has 110 valence electrons. The zero-order valence-corrected chi connectivity index (χ0v) is 11.9. The summed E-state index contributed by atoms with van der Waals surface area (Å²) in [5, 5.41) is 0. The number of esters is 2. The fourth-order valence-corrected chi connectivity index (χ4v) is 2.07. The molecule has 0 saturated heterocycles. The van der Waals surface area contributed by atoms with Crippen LogP contribution in [0.25, 0.3) is 0 Å². The van der Waals surface area contributed by atoms with Gasteiger partial charge in [0.05, 0.1) is 0 Å². The minimum absolute atomic E-state index is 0.00403. The maximum absolute atomic E-state index is 12.4. The number of rotatable bonds is 6. The monoisotopic (exact) mass is 286 g/mol. The molecule has 4 heteroatoms. The van der Waals surface area contributed by atoms with Gasteiger partial charge in [-0.2, -0.15) is 0 Å². The number of ether oxygens (including phenoxy) is 2. The zero-order valence-electron chi connectivity index (χ0n) is 11.9. The van der Waals surface area contributed by atoms with Gasteiger partial charge in [0.1, 0.15) is 13.2 Å². The van der Waals surface area contributed by atoms with Crippen LogP contribution in [0.1, 0.15) is 6.42 Å². The van der Waals surface area contributed by atoms with Gasteiger partial charge >= 0.3 is 11.9 Å². The first-order chi connectivity index (χ1) is 10.0. The van der Waals surface area contributed by atoms with Crippen molar-refractivity contribution in [1.29, 1.82) is 0 Å². The predicted molar refractivity (Wildman–Crippen MR) is 80.3 cm³/mol. The van der Waals surface area contributed by atoms with E-state index in [1.807, 2.05) is 0 Å². The van der Waals surface area contributed by atoms with Crippen molar-refractivity contribution in [3.05, 3.63) is 67.5 Å². The second-order valence-corrected chi connectivity index (χ2v) is 4.36. The first-order valence-electron chi connectivity index (χ1n) is 6.37. The van der Waals surface area contributed by atoms with Crippen LogP contribution in [0.15, 0.2) is 67.5 Å². The Balaban J connectivity index is 3.31. The molecule has 1 aliphatic rings. The molecule has 0 aliphatic heterocycles. The number of carbonyl (C=O) groups is 2. The van der Waals surface area contributed by atoms with Gasteiger partial charge in [-0.3, -0.25) is 9.59 Å². The molecule has 0 bridgehead atoms. The van der Waals surface area contributed by atoms with Crippen molar-refractivity contribution in [3.8, 4) is 0 Å². The van der Waals surface area contributed by atoms with E-state index in [1.54, 1.807) is 12.2 Å². The molecule has 0 N–H and O–H groups in total. The second-order valence-electron chi connectivity index (χ2n) is 4.36. The summed E-state index contributed by atoms with van der Waals surface area (Å²) in [5.41, 5.74) is 1.74. The van der Waals surface area contributed by atoms with Gasteiger partial charge < -0.3 is 9.47 Å². The molecule has 4 nitrogen and oxygen atoms in total. The molecule has 0 heterocycles. The first kappa shape index (κ1) is 16.5. The topological polar surface area (TPSA) is 52.6 Å². The Bertz CT molecular complexity index is 535. The van der Waals surface area contributed by atoms with E-state index < -0.39 is 17.4 Å². The maximum atomic E-state index is 12.4. The van der Waals surface area contributed by atoms with E-state index in [2.05, 4.69) is 32.0 Å². The fraction of sp³-hybridized carbons (Fsp3) is 0.235. The summed E-state index contributed by atoms with van der Waals surface area (Å²) in [7, 11) is 0. The minimum Gasteiger partial charge on any atom is -0.460 e. The summed E-state index contributed by atoms with van der Waals surface area (Å²) in [6, 6.07) is 0. The van der Waals surface area contributed by atoms with Crippen LogP contribution in [0.4, 0.5) is 0 Å². The van der Waals surface area contributed by atoms with E-state index in [9.17, 15) is 9.59 Å². The van der Waals surface area contributed by atoms with Gasteiger partial charge in [-0.25, -0.2) is 0 Å². The highest BCUT2D eigenvalue weighted by atomic mass is 16.6. The van der Waals surface area contributed by atoms with Crippen molar-refractivity contribution in [2.24, 2.45) is 5.41 Å². The molecule has 0 atom stereocenters. The molecular formula is C17H18O4. The molecule has 0 aromatic carbocycles. The summed E-state index contributed by atoms with van der Waals surface area (Å²) < 4.78 is 10.1. The lowest BCUT2D eigenvalue weighted by Gasteiger charge is -2.32. The van der Waals surface area contributed by atoms with Crippen LogP contribution < -0.4 is 0 Å². The standard InChI is InChI=1S/C17H18O4/c1-5-11-20-15(18)17(16(19)21-12-6-2)10-8-9-13(4)14(17)7-3/h5-6,8-9H,1-4,10-12H2. The van der Waals surface area contributed by atoms with Crippen LogP contribution >= 0.6 is 0 Å². The highest BCUT2D eigenvalue weighted by molar-refractivity contribution is 6.05. The summed E-state index contributed by atoms with van der Waals surface area (Å²) >= 11 is 0. The second kappa shape index (κ2) is 7.27. The van der Waals surface area contributed by atoms with Crippen molar-refractivity contribution in [2.45, 2.75) is 6.42 Å². The molecule has 0 saturated carbocycles. The van der Waals surface area contributed by atoms with Crippen LogP contribution in [-0.2, 0) is 19.1 Å². The SMILES string of the molecule is C=C=C1C(=C)C=CCC1(C(=O)OCC=C)C(=O)OCC=C. The highest BCUT2D eigenvalue weighted by Crippen LogP contribution is 2.41. The van der Waals surface area contributed by atoms with E-state index in [0.29, 0.717) is 5.57 Å². The Hall–Kier alpha value is -2.58. The smallest absolute Gasteiger partial charge is 0.329 e. The molecular weight excluding hydrogens is 268 g/mol. The number of hydrogen-bond donors (Lipinski definition) is 0. The van der Waals surface area contributed by atoms with Crippen LogP contribution in [0, 0.1) is 5.41 Å². The van der Waals surface area contributed by atoms with Gasteiger partial charge in [-0.05, 0) is 12.0 Å². The van der Waals surface area contributed by atoms with Gasteiger partial charge in [0, 0.05) is 5.57 Å². The largest absolute Gasteiger partial charge is 0.460 e. The predicted octanol–water partition coefficient (Wildman–Crippen LogP) is 2.66. The van der Waals surface area contributed by atoms with Crippen molar-refractivity contribution >= 4 is 11.9 Å². The van der Waals surface area contributed by atoms with Gasteiger partial charge in [-0.1, -0.05) is 50.6 Å². The Morgan fingerprint density at radius 3 is 2.19 bits per heavy atom. The minimum atomic E-state index is -1.63. The Morgan fingerprint density at radius 2 is 1.76 bits per heavy atom. The molecule has 1 aliphatic carbocycles. The Labute approximate surface area is 124 Å². The maximum Gasteiger partial charge on any atom is 0.329 e. The van der Waals surface area contributed by atoms with Gasteiger partial charge in [-0.15, -0.1) is 5.73 Å². The van der Waals surface area contributed by atoms with Crippen molar-refractivity contribution in [1.82, 2.24) is 0 Å². The third kappa shape index (κ3) is 3.12. The average Bonchev–Trinajstić information content (AvgIpc) is 2.49. The molecule has 0 radical (unpaired) electrons. The van der Waals surface area contributed by atoms with E-state index in [-0.39, 0.29) is 25.2 Å². The van der Waals surface area contributed by atoms with Crippen LogP contribution in [0.5, 0.6) is 0 Å². The number of carbonyl (C=O) groups excluding carboxylic acids is 2. The molecule has 0 fully saturated rings. The first-order valence-corrected chi connectivity index (χ1v) is 6.37. The van der Waals surface area contributed by atoms with Crippen LogP contribution in [-0.4, -0.2) is 25.2 Å². The lowest BCUT2D eigenvalue weighted by molar-refractivity contribution is -0.167. The third-order valence-electron chi connectivity index (χ3n) is 3.03. The Kier molecular flexibility index (Phi) is 5.70. The van der Waals surface area contributed by atoms with E-state index in [0.717, 1.165) is 0 Å². The molecule has 1 rings (SSSR count). The van der Waals surface area contributed by atoms with Crippen LogP contribution in [0.2, 0.25) is 0 Å². The van der Waals surface area contributed by atoms with Gasteiger partial charge in [0.25, 0.3) is 0 Å². The lowest BCUT2D eigenvalue weighted by atomic mass is 9.71. The van der Waals surface area contributed by atoms with Crippen molar-refractivity contribution in [2.75, 3.05) is 13.2 Å².